The molecular formula is C11H4Cl3F3N2O. The number of alkyl halides is 3. The molecule has 20 heavy (non-hydrogen) atoms. The SMILES string of the molecule is O=c1c(Cl)c(Cl)cnn1-c1cc(C(F)(F)F)ccc1Cl. The largest absolute Gasteiger partial charge is 0.416 e. The van der Waals surface area contributed by atoms with E-state index in [1.165, 1.54) is 0 Å². The van der Waals surface area contributed by atoms with Gasteiger partial charge in [-0.05, 0) is 18.2 Å². The fourth-order valence-corrected chi connectivity index (χ4v) is 1.89. The third kappa shape index (κ3) is 2.77. The average Bonchev–Trinajstić information content (AvgIpc) is 2.36. The van der Waals surface area contributed by atoms with Gasteiger partial charge in [0.05, 0.1) is 27.5 Å². The minimum absolute atomic E-state index is 0.0778. The number of hydrogen-bond donors (Lipinski definition) is 0. The summed E-state index contributed by atoms with van der Waals surface area (Å²) in [5.74, 6) is 0. The van der Waals surface area contributed by atoms with E-state index in [9.17, 15) is 18.0 Å². The Labute approximate surface area is 125 Å². The van der Waals surface area contributed by atoms with Crippen molar-refractivity contribution < 1.29 is 13.2 Å². The first-order valence-corrected chi connectivity index (χ1v) is 6.15. The number of hydrogen-bond acceptors (Lipinski definition) is 2. The average molecular weight is 344 g/mol. The molecule has 0 bridgehead atoms. The molecule has 0 amide bonds. The molecule has 0 aliphatic carbocycles. The van der Waals surface area contributed by atoms with Crippen molar-refractivity contribution in [1.29, 1.82) is 0 Å². The van der Waals surface area contributed by atoms with Crippen LogP contribution < -0.4 is 5.56 Å². The van der Waals surface area contributed by atoms with E-state index in [0.717, 1.165) is 18.3 Å². The second kappa shape index (κ2) is 5.27. The molecule has 0 aliphatic heterocycles. The summed E-state index contributed by atoms with van der Waals surface area (Å²) < 4.78 is 38.6. The predicted molar refractivity (Wildman–Crippen MR) is 69.9 cm³/mol. The second-order valence-electron chi connectivity index (χ2n) is 3.69. The van der Waals surface area contributed by atoms with E-state index in [0.29, 0.717) is 10.7 Å². The van der Waals surface area contributed by atoms with E-state index < -0.39 is 17.3 Å². The van der Waals surface area contributed by atoms with Gasteiger partial charge in [-0.3, -0.25) is 4.79 Å². The Morgan fingerprint density at radius 3 is 2.35 bits per heavy atom. The maximum atomic E-state index is 12.7. The van der Waals surface area contributed by atoms with Crippen LogP contribution in [-0.2, 0) is 6.18 Å². The summed E-state index contributed by atoms with van der Waals surface area (Å²) in [5, 5.41) is 3.10. The van der Waals surface area contributed by atoms with E-state index in [4.69, 9.17) is 34.8 Å². The van der Waals surface area contributed by atoms with Crippen molar-refractivity contribution in [1.82, 2.24) is 9.78 Å². The quantitative estimate of drug-likeness (QED) is 0.777. The standard InChI is InChI=1S/C11H4Cl3F3N2O/c12-6-2-1-5(11(15,16)17)3-8(6)19-10(20)9(14)7(13)4-18-19/h1-4H. The second-order valence-corrected chi connectivity index (χ2v) is 4.88. The Bertz CT molecular complexity index is 728. The normalized spacial score (nSPS) is 11.7. The van der Waals surface area contributed by atoms with Crippen LogP contribution in [0.5, 0.6) is 0 Å². The Morgan fingerprint density at radius 1 is 1.10 bits per heavy atom. The molecule has 0 aliphatic rings. The molecule has 0 saturated heterocycles. The summed E-state index contributed by atoms with van der Waals surface area (Å²) in [6.45, 7) is 0. The summed E-state index contributed by atoms with van der Waals surface area (Å²) in [4.78, 5) is 11.8. The van der Waals surface area contributed by atoms with E-state index in [1.807, 2.05) is 0 Å². The third-order valence-corrected chi connectivity index (χ3v) is 3.45. The monoisotopic (exact) mass is 342 g/mol. The van der Waals surface area contributed by atoms with Gasteiger partial charge in [-0.2, -0.15) is 23.0 Å². The molecule has 0 unspecified atom stereocenters. The zero-order valence-corrected chi connectivity index (χ0v) is 11.6. The van der Waals surface area contributed by atoms with Crippen molar-refractivity contribution in [2.24, 2.45) is 0 Å². The predicted octanol–water partition coefficient (Wildman–Crippen LogP) is 4.21. The lowest BCUT2D eigenvalue weighted by Gasteiger charge is -2.11. The molecular weight excluding hydrogens is 339 g/mol. The van der Waals surface area contributed by atoms with Crippen LogP contribution in [0.4, 0.5) is 13.2 Å². The van der Waals surface area contributed by atoms with Gasteiger partial charge >= 0.3 is 6.18 Å². The van der Waals surface area contributed by atoms with Crippen molar-refractivity contribution in [3.63, 3.8) is 0 Å². The van der Waals surface area contributed by atoms with E-state index in [2.05, 4.69) is 5.10 Å². The molecule has 106 valence electrons. The summed E-state index contributed by atoms with van der Waals surface area (Å²) in [6.07, 6.45) is -3.53. The Hall–Kier alpha value is -1.24. The van der Waals surface area contributed by atoms with Crippen molar-refractivity contribution in [3.05, 3.63) is 55.4 Å². The number of benzene rings is 1. The maximum Gasteiger partial charge on any atom is 0.416 e. The lowest BCUT2D eigenvalue weighted by molar-refractivity contribution is -0.137. The van der Waals surface area contributed by atoms with Crippen LogP contribution in [0.25, 0.3) is 5.69 Å². The highest BCUT2D eigenvalue weighted by atomic mass is 35.5. The number of halogens is 6. The van der Waals surface area contributed by atoms with Crippen molar-refractivity contribution in [3.8, 4) is 5.69 Å². The molecule has 0 N–H and O–H groups in total. The van der Waals surface area contributed by atoms with Crippen molar-refractivity contribution >= 4 is 34.8 Å². The molecule has 9 heteroatoms. The van der Waals surface area contributed by atoms with Crippen LogP contribution in [0.3, 0.4) is 0 Å². The molecule has 0 radical (unpaired) electrons. The van der Waals surface area contributed by atoms with E-state index in [-0.39, 0.29) is 20.8 Å². The van der Waals surface area contributed by atoms with E-state index >= 15 is 0 Å². The van der Waals surface area contributed by atoms with Gasteiger partial charge in [-0.15, -0.1) is 0 Å². The van der Waals surface area contributed by atoms with Gasteiger partial charge in [0.25, 0.3) is 5.56 Å². The summed E-state index contributed by atoms with van der Waals surface area (Å²) in [7, 11) is 0. The molecule has 0 fully saturated rings. The summed E-state index contributed by atoms with van der Waals surface area (Å²) in [5.41, 5.74) is -2.05. The van der Waals surface area contributed by atoms with Gasteiger partial charge in [0.2, 0.25) is 0 Å². The highest BCUT2D eigenvalue weighted by molar-refractivity contribution is 6.41. The molecule has 1 heterocycles. The first kappa shape index (κ1) is 15.2. The first-order valence-electron chi connectivity index (χ1n) is 5.02. The zero-order chi connectivity index (χ0) is 15.1. The highest BCUT2D eigenvalue weighted by Gasteiger charge is 2.31. The molecule has 0 spiro atoms. The minimum atomic E-state index is -4.57. The molecule has 2 aromatic rings. The number of nitrogens with zero attached hydrogens (tertiary/aromatic N) is 2. The molecule has 0 saturated carbocycles. The number of aromatic nitrogens is 2. The lowest BCUT2D eigenvalue weighted by Crippen LogP contribution is -2.22. The van der Waals surface area contributed by atoms with Crippen LogP contribution >= 0.6 is 34.8 Å². The van der Waals surface area contributed by atoms with Gasteiger partial charge in [-0.1, -0.05) is 34.8 Å². The van der Waals surface area contributed by atoms with Crippen LogP contribution in [-0.4, -0.2) is 9.78 Å². The van der Waals surface area contributed by atoms with Gasteiger partial charge < -0.3 is 0 Å². The third-order valence-electron chi connectivity index (χ3n) is 2.38. The summed E-state index contributed by atoms with van der Waals surface area (Å²) in [6, 6.07) is 2.53. The van der Waals surface area contributed by atoms with Gasteiger partial charge in [0, 0.05) is 0 Å². The smallest absolute Gasteiger partial charge is 0.266 e. The van der Waals surface area contributed by atoms with Crippen LogP contribution in [0.2, 0.25) is 15.1 Å². The van der Waals surface area contributed by atoms with Crippen LogP contribution in [0.1, 0.15) is 5.56 Å². The molecule has 1 aromatic carbocycles. The molecule has 3 nitrogen and oxygen atoms in total. The maximum absolute atomic E-state index is 12.7. The van der Waals surface area contributed by atoms with E-state index in [1.54, 1.807) is 0 Å². The van der Waals surface area contributed by atoms with Crippen LogP contribution in [0, 0.1) is 0 Å². The Kier molecular flexibility index (Phi) is 4.00. The van der Waals surface area contributed by atoms with Crippen molar-refractivity contribution in [2.75, 3.05) is 0 Å². The number of rotatable bonds is 1. The lowest BCUT2D eigenvalue weighted by atomic mass is 10.2. The Morgan fingerprint density at radius 2 is 1.75 bits per heavy atom. The first-order chi connectivity index (χ1) is 9.21. The van der Waals surface area contributed by atoms with Crippen molar-refractivity contribution in [2.45, 2.75) is 6.18 Å². The minimum Gasteiger partial charge on any atom is -0.266 e. The zero-order valence-electron chi connectivity index (χ0n) is 9.38. The fourth-order valence-electron chi connectivity index (χ4n) is 1.44. The summed E-state index contributed by atoms with van der Waals surface area (Å²) >= 11 is 17.0. The topological polar surface area (TPSA) is 34.9 Å². The Balaban J connectivity index is 2.70. The molecule has 2 rings (SSSR count). The van der Waals surface area contributed by atoms with Gasteiger partial charge in [0.15, 0.2) is 0 Å². The van der Waals surface area contributed by atoms with Gasteiger partial charge in [-0.25, -0.2) is 0 Å². The molecule has 1 aromatic heterocycles. The fraction of sp³-hybridized carbons (Fsp3) is 0.0909. The molecule has 0 atom stereocenters. The van der Waals surface area contributed by atoms with Gasteiger partial charge in [0.1, 0.15) is 5.02 Å². The highest BCUT2D eigenvalue weighted by Crippen LogP contribution is 2.32. The van der Waals surface area contributed by atoms with Crippen LogP contribution in [0.15, 0.2) is 29.2 Å².